The van der Waals surface area contributed by atoms with Crippen molar-refractivity contribution in [3.63, 3.8) is 0 Å². The highest BCUT2D eigenvalue weighted by molar-refractivity contribution is 7.92. The van der Waals surface area contributed by atoms with Crippen molar-refractivity contribution in [3.05, 3.63) is 83.4 Å². The normalized spacial score (nSPS) is 15.6. The van der Waals surface area contributed by atoms with E-state index in [0.717, 1.165) is 23.1 Å². The van der Waals surface area contributed by atoms with Crippen LogP contribution in [0, 0.1) is 13.8 Å². The first-order valence-corrected chi connectivity index (χ1v) is 12.0. The van der Waals surface area contributed by atoms with Crippen LogP contribution in [0.2, 0.25) is 0 Å². The minimum Gasteiger partial charge on any atom is -0.476 e. The molecule has 0 saturated carbocycles. The topological polar surface area (TPSA) is 75.7 Å². The lowest BCUT2D eigenvalue weighted by atomic mass is 10.1. The molecule has 1 N–H and O–H groups in total. The fourth-order valence-corrected chi connectivity index (χ4v) is 5.08. The molecule has 1 atom stereocenters. The van der Waals surface area contributed by atoms with E-state index in [9.17, 15) is 13.2 Å². The van der Waals surface area contributed by atoms with Crippen LogP contribution in [0.1, 0.15) is 23.6 Å². The van der Waals surface area contributed by atoms with Gasteiger partial charge in [0.05, 0.1) is 17.1 Å². The molecular weight excluding hydrogens is 424 g/mol. The summed E-state index contributed by atoms with van der Waals surface area (Å²) >= 11 is 0. The quantitative estimate of drug-likeness (QED) is 0.623. The van der Waals surface area contributed by atoms with E-state index < -0.39 is 22.0 Å². The van der Waals surface area contributed by atoms with E-state index >= 15 is 0 Å². The molecule has 0 aliphatic carbocycles. The van der Waals surface area contributed by atoms with Gasteiger partial charge in [-0.1, -0.05) is 42.8 Å². The van der Waals surface area contributed by atoms with E-state index in [1.165, 1.54) is 4.31 Å². The Kier molecular flexibility index (Phi) is 5.93. The zero-order valence-corrected chi connectivity index (χ0v) is 19.1. The largest absolute Gasteiger partial charge is 0.476 e. The van der Waals surface area contributed by atoms with Gasteiger partial charge >= 0.3 is 0 Å². The van der Waals surface area contributed by atoms with Gasteiger partial charge in [-0.3, -0.25) is 9.10 Å². The Balaban J connectivity index is 1.66. The van der Waals surface area contributed by atoms with E-state index in [4.69, 9.17) is 4.74 Å². The molecule has 6 nitrogen and oxygen atoms in total. The molecule has 1 amide bonds. The summed E-state index contributed by atoms with van der Waals surface area (Å²) in [4.78, 5) is 13.2. The van der Waals surface area contributed by atoms with Crippen molar-refractivity contribution in [1.29, 1.82) is 0 Å². The highest BCUT2D eigenvalue weighted by Crippen LogP contribution is 2.38. The summed E-state index contributed by atoms with van der Waals surface area (Å²) in [5.74, 6) is -0.0383. The number of benzene rings is 3. The molecule has 0 aromatic heterocycles. The number of carbonyl (C=O) groups is 1. The van der Waals surface area contributed by atoms with Crippen LogP contribution in [0.15, 0.2) is 71.6 Å². The number of nitrogens with one attached hydrogen (secondary N) is 1. The van der Waals surface area contributed by atoms with Crippen LogP contribution in [0.3, 0.4) is 0 Å². The second-order valence-corrected chi connectivity index (χ2v) is 9.83. The monoisotopic (exact) mass is 450 g/mol. The molecule has 3 aromatic rings. The number of nitrogens with zero attached hydrogens (tertiary/aromatic N) is 1. The summed E-state index contributed by atoms with van der Waals surface area (Å²) in [6, 6.07) is 19.5. The van der Waals surface area contributed by atoms with E-state index in [1.54, 1.807) is 36.4 Å². The third-order valence-electron chi connectivity index (χ3n) is 5.52. The molecular formula is C25H26N2O4S. The number of aryl methyl sites for hydroxylation is 3. The summed E-state index contributed by atoms with van der Waals surface area (Å²) in [5, 5.41) is 2.84. The van der Waals surface area contributed by atoms with Gasteiger partial charge < -0.3 is 10.1 Å². The summed E-state index contributed by atoms with van der Waals surface area (Å²) in [7, 11) is -3.88. The maximum Gasteiger partial charge on any atom is 0.267 e. The number of hydrogen-bond donors (Lipinski definition) is 1. The summed E-state index contributed by atoms with van der Waals surface area (Å²) in [6.07, 6.45) is -0.0848. The second-order valence-electron chi connectivity index (χ2n) is 7.97. The molecule has 0 fully saturated rings. The molecule has 1 aliphatic rings. The average Bonchev–Trinajstić information content (AvgIpc) is 2.79. The first kappa shape index (κ1) is 21.9. The van der Waals surface area contributed by atoms with Crippen molar-refractivity contribution >= 4 is 27.3 Å². The SMILES string of the molecule is CCc1ccc(NC(=O)[C@@H]2CN(S(=O)(=O)c3ccc(C)cc3)c3cc(C)ccc3O2)cc1. The zero-order valence-electron chi connectivity index (χ0n) is 18.3. The number of rotatable bonds is 5. The van der Waals surface area contributed by atoms with Crippen molar-refractivity contribution in [1.82, 2.24) is 0 Å². The summed E-state index contributed by atoms with van der Waals surface area (Å²) < 4.78 is 34.2. The molecule has 0 radical (unpaired) electrons. The predicted octanol–water partition coefficient (Wildman–Crippen LogP) is 4.46. The Morgan fingerprint density at radius 3 is 2.31 bits per heavy atom. The van der Waals surface area contributed by atoms with E-state index in [1.807, 2.05) is 44.2 Å². The molecule has 1 heterocycles. The standard InChI is InChI=1S/C25H26N2O4S/c1-4-19-8-10-20(11-9-19)26-25(28)24-16-27(22-15-18(3)7-14-23(22)31-24)32(29,30)21-12-5-17(2)6-13-21/h5-15,24H,4,16H2,1-3H3,(H,26,28)/t24-/m0/s1. The van der Waals surface area contributed by atoms with Crippen molar-refractivity contribution < 1.29 is 17.9 Å². The Hall–Kier alpha value is -3.32. The van der Waals surface area contributed by atoms with Crippen LogP contribution in [0.5, 0.6) is 5.75 Å². The number of carbonyl (C=O) groups excluding carboxylic acids is 1. The van der Waals surface area contributed by atoms with Gasteiger partial charge in [0, 0.05) is 5.69 Å². The lowest BCUT2D eigenvalue weighted by Gasteiger charge is -2.35. The fourth-order valence-electron chi connectivity index (χ4n) is 3.61. The van der Waals surface area contributed by atoms with E-state index in [-0.39, 0.29) is 11.4 Å². The van der Waals surface area contributed by atoms with Crippen molar-refractivity contribution in [2.75, 3.05) is 16.2 Å². The van der Waals surface area contributed by atoms with Crippen LogP contribution in [0.25, 0.3) is 0 Å². The minimum absolute atomic E-state index is 0.120. The van der Waals surface area contributed by atoms with Gasteiger partial charge in [0.25, 0.3) is 15.9 Å². The third-order valence-corrected chi connectivity index (χ3v) is 7.31. The van der Waals surface area contributed by atoms with Crippen LogP contribution >= 0.6 is 0 Å². The molecule has 1 aliphatic heterocycles. The average molecular weight is 451 g/mol. The van der Waals surface area contributed by atoms with Crippen LogP contribution in [-0.4, -0.2) is 27.0 Å². The predicted molar refractivity (Wildman–Crippen MR) is 126 cm³/mol. The van der Waals surface area contributed by atoms with Gasteiger partial charge in [-0.05, 0) is 67.8 Å². The smallest absolute Gasteiger partial charge is 0.267 e. The number of ether oxygens (including phenoxy) is 1. The molecule has 0 spiro atoms. The lowest BCUT2D eigenvalue weighted by Crippen LogP contribution is -2.48. The maximum absolute atomic E-state index is 13.5. The van der Waals surface area contributed by atoms with Crippen LogP contribution in [0.4, 0.5) is 11.4 Å². The molecule has 3 aromatic carbocycles. The highest BCUT2D eigenvalue weighted by atomic mass is 32.2. The number of hydrogen-bond acceptors (Lipinski definition) is 4. The summed E-state index contributed by atoms with van der Waals surface area (Å²) in [6.45, 7) is 5.73. The Morgan fingerprint density at radius 2 is 1.66 bits per heavy atom. The van der Waals surface area contributed by atoms with Crippen LogP contribution < -0.4 is 14.4 Å². The molecule has 7 heteroatoms. The van der Waals surface area contributed by atoms with E-state index in [0.29, 0.717) is 17.1 Å². The first-order valence-electron chi connectivity index (χ1n) is 10.5. The molecule has 0 bridgehead atoms. The van der Waals surface area contributed by atoms with Gasteiger partial charge in [-0.25, -0.2) is 8.42 Å². The molecule has 0 saturated heterocycles. The number of fused-ring (bicyclic) bond motifs is 1. The minimum atomic E-state index is -3.88. The Morgan fingerprint density at radius 1 is 1.00 bits per heavy atom. The fraction of sp³-hybridized carbons (Fsp3) is 0.240. The Labute approximate surface area is 188 Å². The highest BCUT2D eigenvalue weighted by Gasteiger charge is 2.37. The third kappa shape index (κ3) is 4.34. The molecule has 4 rings (SSSR count). The van der Waals surface area contributed by atoms with Gasteiger partial charge in [-0.2, -0.15) is 0 Å². The summed E-state index contributed by atoms with van der Waals surface area (Å²) in [5.41, 5.74) is 4.10. The molecule has 0 unspecified atom stereocenters. The second kappa shape index (κ2) is 8.67. The van der Waals surface area contributed by atoms with E-state index in [2.05, 4.69) is 12.2 Å². The number of amides is 1. The van der Waals surface area contributed by atoms with Gasteiger partial charge in [-0.15, -0.1) is 0 Å². The number of anilines is 2. The zero-order chi connectivity index (χ0) is 22.9. The van der Waals surface area contributed by atoms with Gasteiger partial charge in [0.1, 0.15) is 5.75 Å². The maximum atomic E-state index is 13.5. The first-order chi connectivity index (χ1) is 15.3. The van der Waals surface area contributed by atoms with Crippen LogP contribution in [-0.2, 0) is 21.2 Å². The number of sulfonamides is 1. The Bertz CT molecular complexity index is 1240. The molecule has 32 heavy (non-hydrogen) atoms. The van der Waals surface area contributed by atoms with Crippen molar-refractivity contribution in [3.8, 4) is 5.75 Å². The molecule has 166 valence electrons. The van der Waals surface area contributed by atoms with Gasteiger partial charge in [0.2, 0.25) is 0 Å². The lowest BCUT2D eigenvalue weighted by molar-refractivity contribution is -0.122. The van der Waals surface area contributed by atoms with Gasteiger partial charge in [0.15, 0.2) is 6.10 Å². The van der Waals surface area contributed by atoms with Crippen molar-refractivity contribution in [2.45, 2.75) is 38.2 Å². The van der Waals surface area contributed by atoms with Crippen molar-refractivity contribution in [2.24, 2.45) is 0 Å².